The lowest BCUT2D eigenvalue weighted by Crippen LogP contribution is -2.17. The van der Waals surface area contributed by atoms with E-state index < -0.39 is 14.9 Å². The van der Waals surface area contributed by atoms with E-state index >= 15 is 0 Å². The van der Waals surface area contributed by atoms with Crippen LogP contribution in [0.4, 0.5) is 5.69 Å². The van der Waals surface area contributed by atoms with Gasteiger partial charge in [0.2, 0.25) is 10.0 Å². The third-order valence-electron chi connectivity index (χ3n) is 3.79. The predicted molar refractivity (Wildman–Crippen MR) is 95.2 cm³/mol. The largest absolute Gasteiger partial charge is 0.317 e. The smallest absolute Gasteiger partial charge is 0.258 e. The SMILES string of the molecule is CCc1c([N+](=O)[O-])c2nc(Cl)ccc2n1S(=O)(=O)Cc1ccccc1. The Morgan fingerprint density at radius 2 is 1.88 bits per heavy atom. The first-order chi connectivity index (χ1) is 11.8. The fraction of sp³-hybridized carbons (Fsp3) is 0.188. The second-order valence-corrected chi connectivity index (χ2v) is 7.62. The van der Waals surface area contributed by atoms with Crippen LogP contribution in [0.5, 0.6) is 0 Å². The van der Waals surface area contributed by atoms with Crippen LogP contribution in [0.15, 0.2) is 42.5 Å². The lowest BCUT2D eigenvalue weighted by Gasteiger charge is -2.10. The third kappa shape index (κ3) is 3.10. The topological polar surface area (TPSA) is 95.1 Å². The van der Waals surface area contributed by atoms with Gasteiger partial charge in [0.1, 0.15) is 10.8 Å². The van der Waals surface area contributed by atoms with Crippen LogP contribution in [0.1, 0.15) is 18.2 Å². The van der Waals surface area contributed by atoms with Crippen molar-refractivity contribution < 1.29 is 13.3 Å². The van der Waals surface area contributed by atoms with Gasteiger partial charge in [-0.3, -0.25) is 10.1 Å². The van der Waals surface area contributed by atoms with Gasteiger partial charge in [-0.25, -0.2) is 17.4 Å². The zero-order chi connectivity index (χ0) is 18.2. The van der Waals surface area contributed by atoms with Crippen molar-refractivity contribution in [2.75, 3.05) is 0 Å². The highest BCUT2D eigenvalue weighted by atomic mass is 35.5. The van der Waals surface area contributed by atoms with Crippen molar-refractivity contribution in [3.8, 4) is 0 Å². The second-order valence-electron chi connectivity index (χ2n) is 5.41. The lowest BCUT2D eigenvalue weighted by atomic mass is 10.2. The number of pyridine rings is 1. The van der Waals surface area contributed by atoms with E-state index in [2.05, 4.69) is 4.98 Å². The summed E-state index contributed by atoms with van der Waals surface area (Å²) < 4.78 is 27.0. The van der Waals surface area contributed by atoms with Crippen molar-refractivity contribution in [3.05, 3.63) is 69.0 Å². The van der Waals surface area contributed by atoms with Crippen LogP contribution < -0.4 is 0 Å². The summed E-state index contributed by atoms with van der Waals surface area (Å²) in [5.74, 6) is -0.273. The first-order valence-electron chi connectivity index (χ1n) is 7.46. The average molecular weight is 380 g/mol. The van der Waals surface area contributed by atoms with Crippen molar-refractivity contribution >= 4 is 38.3 Å². The van der Waals surface area contributed by atoms with E-state index in [1.54, 1.807) is 37.3 Å². The summed E-state index contributed by atoms with van der Waals surface area (Å²) in [5.41, 5.74) is 0.494. The summed E-state index contributed by atoms with van der Waals surface area (Å²) in [4.78, 5) is 14.9. The number of nitrogens with zero attached hydrogens (tertiary/aromatic N) is 3. The van der Waals surface area contributed by atoms with Crippen molar-refractivity contribution in [1.29, 1.82) is 0 Å². The van der Waals surface area contributed by atoms with Gasteiger partial charge in [0.05, 0.1) is 16.2 Å². The fourth-order valence-electron chi connectivity index (χ4n) is 2.81. The lowest BCUT2D eigenvalue weighted by molar-refractivity contribution is -0.384. The first-order valence-corrected chi connectivity index (χ1v) is 9.45. The molecule has 2 heterocycles. The van der Waals surface area contributed by atoms with Gasteiger partial charge < -0.3 is 0 Å². The molecule has 0 unspecified atom stereocenters. The molecule has 0 spiro atoms. The second kappa shape index (κ2) is 6.45. The summed E-state index contributed by atoms with van der Waals surface area (Å²) in [6, 6.07) is 11.5. The van der Waals surface area contributed by atoms with E-state index in [4.69, 9.17) is 11.6 Å². The van der Waals surface area contributed by atoms with Crippen molar-refractivity contribution in [1.82, 2.24) is 8.96 Å². The van der Waals surface area contributed by atoms with Crippen molar-refractivity contribution in [2.45, 2.75) is 19.1 Å². The highest BCUT2D eigenvalue weighted by Gasteiger charge is 2.32. The van der Waals surface area contributed by atoms with E-state index in [0.29, 0.717) is 5.56 Å². The number of rotatable bonds is 5. The van der Waals surface area contributed by atoms with Crippen LogP contribution in [0.25, 0.3) is 11.0 Å². The van der Waals surface area contributed by atoms with Crippen molar-refractivity contribution in [3.63, 3.8) is 0 Å². The number of fused-ring (bicyclic) bond motifs is 1. The minimum Gasteiger partial charge on any atom is -0.258 e. The number of nitro groups is 1. The molecule has 3 rings (SSSR count). The molecule has 0 N–H and O–H groups in total. The number of halogens is 1. The fourth-order valence-corrected chi connectivity index (χ4v) is 4.70. The van der Waals surface area contributed by atoms with Crippen LogP contribution in [-0.2, 0) is 22.2 Å². The molecule has 25 heavy (non-hydrogen) atoms. The Bertz CT molecular complexity index is 1060. The minimum atomic E-state index is -3.88. The summed E-state index contributed by atoms with van der Waals surface area (Å²) >= 11 is 5.85. The molecule has 0 aliphatic heterocycles. The Balaban J connectivity index is 2.30. The monoisotopic (exact) mass is 379 g/mol. The summed E-state index contributed by atoms with van der Waals surface area (Å²) in [6.07, 6.45) is 0.165. The molecule has 2 aromatic heterocycles. The zero-order valence-corrected chi connectivity index (χ0v) is 14.8. The van der Waals surface area contributed by atoms with Crippen LogP contribution >= 0.6 is 11.6 Å². The maximum atomic E-state index is 13.0. The van der Waals surface area contributed by atoms with Gasteiger partial charge in [-0.05, 0) is 24.1 Å². The number of aromatic nitrogens is 2. The Morgan fingerprint density at radius 3 is 2.48 bits per heavy atom. The molecule has 0 fully saturated rings. The molecule has 0 aliphatic rings. The van der Waals surface area contributed by atoms with Crippen LogP contribution in [-0.4, -0.2) is 22.3 Å². The summed E-state index contributed by atoms with van der Waals surface area (Å²) in [6.45, 7) is 1.66. The van der Waals surface area contributed by atoms with Gasteiger partial charge in [-0.15, -0.1) is 0 Å². The van der Waals surface area contributed by atoms with Crippen LogP contribution in [0, 0.1) is 10.1 Å². The molecule has 7 nitrogen and oxygen atoms in total. The van der Waals surface area contributed by atoms with E-state index in [1.165, 1.54) is 12.1 Å². The number of hydrogen-bond acceptors (Lipinski definition) is 5. The predicted octanol–water partition coefficient (Wildman–Crippen LogP) is 3.54. The zero-order valence-electron chi connectivity index (χ0n) is 13.2. The van der Waals surface area contributed by atoms with Gasteiger partial charge in [0.25, 0.3) is 0 Å². The Hall–Kier alpha value is -2.45. The van der Waals surface area contributed by atoms with Gasteiger partial charge >= 0.3 is 5.69 Å². The molecule has 0 bridgehead atoms. The molecule has 0 amide bonds. The first kappa shape index (κ1) is 17.4. The molecule has 1 aromatic carbocycles. The maximum absolute atomic E-state index is 13.0. The molecular formula is C16H14ClN3O4S. The van der Waals surface area contributed by atoms with Crippen LogP contribution in [0.3, 0.4) is 0 Å². The molecule has 130 valence electrons. The molecule has 0 saturated carbocycles. The van der Waals surface area contributed by atoms with E-state index in [0.717, 1.165) is 3.97 Å². The summed E-state index contributed by atoms with van der Waals surface area (Å²) in [7, 11) is -3.88. The van der Waals surface area contributed by atoms with Gasteiger partial charge in [-0.2, -0.15) is 0 Å². The molecule has 3 aromatic rings. The standard InChI is InChI=1S/C16H14ClN3O4S/c1-2-12-16(20(21)22)15-13(8-9-14(17)18-15)19(12)25(23,24)10-11-6-4-3-5-7-11/h3-9H,2,10H2,1H3. The van der Waals surface area contributed by atoms with Gasteiger partial charge in [0, 0.05) is 0 Å². The molecule has 0 saturated heterocycles. The number of hydrogen-bond donors (Lipinski definition) is 0. The highest BCUT2D eigenvalue weighted by molar-refractivity contribution is 7.89. The van der Waals surface area contributed by atoms with E-state index in [-0.39, 0.29) is 39.7 Å². The van der Waals surface area contributed by atoms with E-state index in [1.807, 2.05) is 0 Å². The molecule has 0 atom stereocenters. The summed E-state index contributed by atoms with van der Waals surface area (Å²) in [5, 5.41) is 11.6. The molecular weight excluding hydrogens is 366 g/mol. The quantitative estimate of drug-likeness (QED) is 0.384. The van der Waals surface area contributed by atoms with Crippen LogP contribution in [0.2, 0.25) is 5.15 Å². The van der Waals surface area contributed by atoms with Crippen molar-refractivity contribution in [2.24, 2.45) is 0 Å². The normalized spacial score (nSPS) is 11.8. The highest BCUT2D eigenvalue weighted by Crippen LogP contribution is 2.34. The van der Waals surface area contributed by atoms with Gasteiger partial charge in [-0.1, -0.05) is 48.9 Å². The Morgan fingerprint density at radius 1 is 1.20 bits per heavy atom. The molecule has 0 radical (unpaired) electrons. The molecule has 9 heteroatoms. The minimum absolute atomic E-state index is 0.0222. The Labute approximate surface area is 149 Å². The third-order valence-corrected chi connectivity index (χ3v) is 5.67. The Kier molecular flexibility index (Phi) is 4.49. The number of benzene rings is 1. The average Bonchev–Trinajstić information content (AvgIpc) is 2.89. The maximum Gasteiger partial charge on any atom is 0.317 e. The van der Waals surface area contributed by atoms with Gasteiger partial charge in [0.15, 0.2) is 5.52 Å². The van der Waals surface area contributed by atoms with E-state index in [9.17, 15) is 18.5 Å². The molecule has 0 aliphatic carbocycles.